The van der Waals surface area contributed by atoms with E-state index >= 15 is 0 Å². The first kappa shape index (κ1) is 12.2. The summed E-state index contributed by atoms with van der Waals surface area (Å²) < 4.78 is 2.10. The van der Waals surface area contributed by atoms with Crippen LogP contribution in [-0.4, -0.2) is 24.5 Å². The normalized spacial score (nSPS) is 29.1. The van der Waals surface area contributed by atoms with Crippen molar-refractivity contribution in [1.29, 1.82) is 0 Å². The molecule has 2 heterocycles. The molecule has 2 atom stereocenters. The fourth-order valence-corrected chi connectivity index (χ4v) is 5.70. The van der Waals surface area contributed by atoms with Crippen LogP contribution < -0.4 is 0 Å². The number of imidazole rings is 1. The van der Waals surface area contributed by atoms with Crippen molar-refractivity contribution in [3.63, 3.8) is 0 Å². The van der Waals surface area contributed by atoms with Gasteiger partial charge < -0.3 is 5.11 Å². The van der Waals surface area contributed by atoms with E-state index in [-0.39, 0.29) is 10.9 Å². The lowest BCUT2D eigenvalue weighted by atomic mass is 9.90. The van der Waals surface area contributed by atoms with E-state index in [1.807, 2.05) is 6.33 Å². The Morgan fingerprint density at radius 2 is 2.22 bits per heavy atom. The molecule has 2 aliphatic rings. The van der Waals surface area contributed by atoms with Gasteiger partial charge in [0.2, 0.25) is 0 Å². The molecule has 0 saturated heterocycles. The van der Waals surface area contributed by atoms with E-state index < -0.39 is 11.1 Å². The molecule has 100 valence electrons. The third-order valence-electron chi connectivity index (χ3n) is 4.26. The minimum Gasteiger partial charge on any atom is -0.382 e. The zero-order valence-corrected chi connectivity index (χ0v) is 11.9. The van der Waals surface area contributed by atoms with Crippen LogP contribution in [0.5, 0.6) is 0 Å². The monoisotopic (exact) mass is 267 g/mol. The number of rotatable bonds is 3. The third kappa shape index (κ3) is 1.72. The number of aliphatic hydroxyl groups is 1. The van der Waals surface area contributed by atoms with Crippen molar-refractivity contribution in [1.82, 2.24) is 8.96 Å². The van der Waals surface area contributed by atoms with E-state index in [1.54, 1.807) is 6.20 Å². The molecule has 0 amide bonds. The molecular formula is C13H21N3OS. The molecule has 1 fully saturated rings. The van der Waals surface area contributed by atoms with Gasteiger partial charge in [-0.25, -0.2) is 9.98 Å². The molecule has 1 aliphatic carbocycles. The molecule has 0 bridgehead atoms. The average Bonchev–Trinajstić information content (AvgIpc) is 3.02. The zero-order chi connectivity index (χ0) is 12.8. The average molecular weight is 267 g/mol. The molecule has 1 N–H and O–H groups in total. The number of hydrogen-bond acceptors (Lipinski definition) is 3. The highest BCUT2D eigenvalue weighted by molar-refractivity contribution is 8.29. The van der Waals surface area contributed by atoms with Crippen molar-refractivity contribution in [2.45, 2.75) is 51.4 Å². The molecule has 3 rings (SSSR count). The number of fused-ring (bicyclic) bond motifs is 1. The largest absolute Gasteiger partial charge is 0.382 e. The highest BCUT2D eigenvalue weighted by Gasteiger charge is 2.42. The van der Waals surface area contributed by atoms with Gasteiger partial charge in [0, 0.05) is 5.41 Å². The Balaban J connectivity index is 1.94. The van der Waals surface area contributed by atoms with Gasteiger partial charge in [0.1, 0.15) is 11.8 Å². The fraction of sp³-hybridized carbons (Fsp3) is 0.692. The number of thiol groups is 1. The molecule has 1 saturated carbocycles. The summed E-state index contributed by atoms with van der Waals surface area (Å²) in [4.78, 5) is 8.78. The molecule has 1 aliphatic heterocycles. The van der Waals surface area contributed by atoms with Crippen LogP contribution in [0.1, 0.15) is 46.0 Å². The van der Waals surface area contributed by atoms with E-state index in [0.29, 0.717) is 0 Å². The Morgan fingerprint density at radius 1 is 1.50 bits per heavy atom. The van der Waals surface area contributed by atoms with Gasteiger partial charge >= 0.3 is 0 Å². The second kappa shape index (κ2) is 4.38. The Hall–Kier alpha value is -0.810. The molecule has 1 aromatic heterocycles. The first-order chi connectivity index (χ1) is 8.65. The summed E-state index contributed by atoms with van der Waals surface area (Å²) in [5.74, 6) is 0.915. The molecule has 0 aromatic carbocycles. The smallest absolute Gasteiger partial charge is 0.162 e. The third-order valence-corrected chi connectivity index (χ3v) is 7.06. The van der Waals surface area contributed by atoms with Crippen LogP contribution in [0, 0.1) is 5.41 Å². The molecule has 1 aromatic rings. The Morgan fingerprint density at radius 3 is 2.89 bits per heavy atom. The summed E-state index contributed by atoms with van der Waals surface area (Å²) in [7, 11) is 0. The second-order valence-electron chi connectivity index (χ2n) is 5.56. The summed E-state index contributed by atoms with van der Waals surface area (Å²) in [6, 6.07) is 0. The van der Waals surface area contributed by atoms with Gasteiger partial charge in [-0.1, -0.05) is 26.7 Å². The molecule has 4 nitrogen and oxygen atoms in total. The minimum atomic E-state index is -0.749. The van der Waals surface area contributed by atoms with E-state index in [4.69, 9.17) is 0 Å². The van der Waals surface area contributed by atoms with Crippen molar-refractivity contribution in [2.24, 2.45) is 10.4 Å². The van der Waals surface area contributed by atoms with E-state index in [1.165, 1.54) is 12.8 Å². The summed E-state index contributed by atoms with van der Waals surface area (Å²) >= 11 is -0.749. The van der Waals surface area contributed by atoms with Crippen molar-refractivity contribution >= 4 is 21.9 Å². The predicted octanol–water partition coefficient (Wildman–Crippen LogP) is 3.00. The van der Waals surface area contributed by atoms with Crippen LogP contribution in [-0.2, 0) is 0 Å². The Bertz CT molecular complexity index is 476. The quantitative estimate of drug-likeness (QED) is 0.827. The lowest BCUT2D eigenvalue weighted by molar-refractivity contribution is 0.115. The Labute approximate surface area is 111 Å². The predicted molar refractivity (Wildman–Crippen MR) is 76.6 cm³/mol. The van der Waals surface area contributed by atoms with Crippen LogP contribution in [0.15, 0.2) is 17.5 Å². The second-order valence-corrected chi connectivity index (χ2v) is 7.68. The van der Waals surface area contributed by atoms with Crippen molar-refractivity contribution in [3.05, 3.63) is 12.5 Å². The molecule has 18 heavy (non-hydrogen) atoms. The number of nitrogens with zero attached hydrogens (tertiary/aromatic N) is 3. The number of aliphatic imine (C=N–C) groups is 1. The van der Waals surface area contributed by atoms with Crippen LogP contribution >= 0.6 is 11.1 Å². The van der Waals surface area contributed by atoms with Gasteiger partial charge in [-0.3, -0.25) is 3.97 Å². The maximum Gasteiger partial charge on any atom is 0.162 e. The topological polar surface area (TPSA) is 50.4 Å². The maximum absolute atomic E-state index is 10.9. The number of aliphatic hydroxyl groups excluding tert-OH is 1. The van der Waals surface area contributed by atoms with Gasteiger partial charge in [-0.05, 0) is 19.3 Å². The maximum atomic E-state index is 10.9. The number of aromatic nitrogens is 2. The van der Waals surface area contributed by atoms with E-state index in [2.05, 4.69) is 27.8 Å². The standard InChI is InChI=1S/C13H21N3OS/c1-3-11-15-10-8-14-9-16(10)18(11)12(17)13(2)6-4-5-7-13/h8-9,12,17-18H,3-7H2,1-2H3. The molecule has 0 spiro atoms. The SMILES string of the molecule is CCC1=Nc2cncn2[SH]1C(O)C1(C)CCCC1. The van der Waals surface area contributed by atoms with Crippen LogP contribution in [0.25, 0.3) is 0 Å². The van der Waals surface area contributed by atoms with Gasteiger partial charge in [-0.15, -0.1) is 11.1 Å². The molecule has 5 heteroatoms. The molecule has 2 unspecified atom stereocenters. The van der Waals surface area contributed by atoms with Gasteiger partial charge in [0.05, 0.1) is 11.2 Å². The zero-order valence-electron chi connectivity index (χ0n) is 11.0. The van der Waals surface area contributed by atoms with Crippen LogP contribution in [0.2, 0.25) is 0 Å². The van der Waals surface area contributed by atoms with Gasteiger partial charge in [-0.2, -0.15) is 0 Å². The highest BCUT2D eigenvalue weighted by atomic mass is 32.2. The molecule has 0 radical (unpaired) electrons. The number of hydrogen-bond donors (Lipinski definition) is 2. The highest BCUT2D eigenvalue weighted by Crippen LogP contribution is 2.54. The lowest BCUT2D eigenvalue weighted by Crippen LogP contribution is -2.32. The van der Waals surface area contributed by atoms with Crippen molar-refractivity contribution < 1.29 is 5.11 Å². The summed E-state index contributed by atoms with van der Waals surface area (Å²) in [5.41, 5.74) is -0.225. The molecular weight excluding hydrogens is 246 g/mol. The van der Waals surface area contributed by atoms with Crippen molar-refractivity contribution in [3.8, 4) is 0 Å². The van der Waals surface area contributed by atoms with E-state index in [9.17, 15) is 5.11 Å². The van der Waals surface area contributed by atoms with Crippen molar-refractivity contribution in [2.75, 3.05) is 0 Å². The summed E-state index contributed by atoms with van der Waals surface area (Å²) in [5, 5.41) is 12.0. The van der Waals surface area contributed by atoms with Gasteiger partial charge in [0.15, 0.2) is 5.82 Å². The summed E-state index contributed by atoms with van der Waals surface area (Å²) in [6.07, 6.45) is 9.29. The Kier molecular flexibility index (Phi) is 2.98. The van der Waals surface area contributed by atoms with Crippen LogP contribution in [0.4, 0.5) is 5.82 Å². The van der Waals surface area contributed by atoms with Gasteiger partial charge in [0.25, 0.3) is 0 Å². The first-order valence-corrected chi connectivity index (χ1v) is 8.09. The fourth-order valence-electron chi connectivity index (χ4n) is 3.07. The van der Waals surface area contributed by atoms with E-state index in [0.717, 1.165) is 30.1 Å². The lowest BCUT2D eigenvalue weighted by Gasteiger charge is -2.37. The summed E-state index contributed by atoms with van der Waals surface area (Å²) in [6.45, 7) is 4.35. The minimum absolute atomic E-state index is 0.0630. The first-order valence-electron chi connectivity index (χ1n) is 6.73. The van der Waals surface area contributed by atoms with Crippen LogP contribution in [0.3, 0.4) is 0 Å².